The smallest absolute Gasteiger partial charge is 0.259 e. The first kappa shape index (κ1) is 7.56. The van der Waals surface area contributed by atoms with Crippen LogP contribution < -0.4 is 0 Å². The average molecular weight is 183 g/mol. The first-order valence-electron chi connectivity index (χ1n) is 4.66. The summed E-state index contributed by atoms with van der Waals surface area (Å²) in [4.78, 5) is 13.7. The fourth-order valence-electron chi connectivity index (χ4n) is 1.98. The van der Waals surface area contributed by atoms with Crippen molar-refractivity contribution in [2.75, 3.05) is 6.54 Å². The third-order valence-corrected chi connectivity index (χ3v) is 2.65. The number of fused-ring (bicyclic) bond motifs is 3. The molecule has 0 bridgehead atoms. The number of hydrogen-bond donors (Lipinski definition) is 0. The monoisotopic (exact) mass is 183 g/mol. The standard InChI is InChI=1S/C12H9NO/c14-12-10-6-2-1-5-9(10)11-7-3-4-8-13(11)12/h1-7H,8H2. The van der Waals surface area contributed by atoms with Crippen LogP contribution in [0.5, 0.6) is 0 Å². The molecule has 0 aromatic heterocycles. The summed E-state index contributed by atoms with van der Waals surface area (Å²) < 4.78 is 0. The van der Waals surface area contributed by atoms with E-state index in [4.69, 9.17) is 0 Å². The van der Waals surface area contributed by atoms with Crippen molar-refractivity contribution in [2.45, 2.75) is 0 Å². The molecule has 2 heteroatoms. The highest BCUT2D eigenvalue weighted by Crippen LogP contribution is 2.33. The van der Waals surface area contributed by atoms with Gasteiger partial charge < -0.3 is 4.90 Å². The summed E-state index contributed by atoms with van der Waals surface area (Å²) >= 11 is 0. The fraction of sp³-hybridized carbons (Fsp3) is 0.0833. The van der Waals surface area contributed by atoms with E-state index >= 15 is 0 Å². The largest absolute Gasteiger partial charge is 0.304 e. The van der Waals surface area contributed by atoms with Crippen molar-refractivity contribution >= 4 is 11.6 Å². The van der Waals surface area contributed by atoms with Gasteiger partial charge in [-0.1, -0.05) is 30.4 Å². The Morgan fingerprint density at radius 2 is 1.93 bits per heavy atom. The van der Waals surface area contributed by atoms with Gasteiger partial charge in [0.25, 0.3) is 5.91 Å². The molecule has 0 atom stereocenters. The van der Waals surface area contributed by atoms with Gasteiger partial charge in [-0.15, -0.1) is 0 Å². The maximum atomic E-state index is 11.9. The van der Waals surface area contributed by atoms with Crippen LogP contribution in [0, 0.1) is 0 Å². The Bertz CT molecular complexity index is 471. The van der Waals surface area contributed by atoms with E-state index in [9.17, 15) is 4.79 Å². The number of amides is 1. The van der Waals surface area contributed by atoms with Gasteiger partial charge in [-0.2, -0.15) is 0 Å². The zero-order chi connectivity index (χ0) is 9.54. The van der Waals surface area contributed by atoms with Gasteiger partial charge in [-0.25, -0.2) is 0 Å². The third-order valence-electron chi connectivity index (χ3n) is 2.65. The summed E-state index contributed by atoms with van der Waals surface area (Å²) in [5.74, 6) is 0.121. The van der Waals surface area contributed by atoms with Crippen LogP contribution in [0.2, 0.25) is 0 Å². The van der Waals surface area contributed by atoms with Crippen molar-refractivity contribution in [2.24, 2.45) is 0 Å². The molecule has 0 saturated carbocycles. The predicted octanol–water partition coefficient (Wildman–Crippen LogP) is 2.05. The fourth-order valence-corrected chi connectivity index (χ4v) is 1.98. The lowest BCUT2D eigenvalue weighted by Crippen LogP contribution is -2.24. The van der Waals surface area contributed by atoms with Crippen LogP contribution in [-0.2, 0) is 0 Å². The van der Waals surface area contributed by atoms with Crippen LogP contribution in [0.25, 0.3) is 5.70 Å². The highest BCUT2D eigenvalue weighted by Gasteiger charge is 2.31. The number of carbonyl (C=O) groups excluding carboxylic acids is 1. The van der Waals surface area contributed by atoms with Crippen LogP contribution in [0.3, 0.4) is 0 Å². The number of benzene rings is 1. The SMILES string of the molecule is O=C1c2ccccc2C2=CC=CCN12. The maximum absolute atomic E-state index is 11.9. The summed E-state index contributed by atoms with van der Waals surface area (Å²) in [5.41, 5.74) is 2.91. The second-order valence-corrected chi connectivity index (χ2v) is 3.44. The Morgan fingerprint density at radius 3 is 2.79 bits per heavy atom. The van der Waals surface area contributed by atoms with Crippen LogP contribution in [0.15, 0.2) is 42.5 Å². The molecule has 0 fully saturated rings. The molecule has 2 aliphatic heterocycles. The van der Waals surface area contributed by atoms with E-state index in [-0.39, 0.29) is 5.91 Å². The van der Waals surface area contributed by atoms with E-state index in [2.05, 4.69) is 0 Å². The second kappa shape index (κ2) is 2.58. The van der Waals surface area contributed by atoms with E-state index in [0.717, 1.165) is 16.8 Å². The van der Waals surface area contributed by atoms with Crippen LogP contribution in [0.1, 0.15) is 15.9 Å². The number of nitrogens with zero attached hydrogens (tertiary/aromatic N) is 1. The lowest BCUT2D eigenvalue weighted by Gasteiger charge is -2.18. The number of rotatable bonds is 0. The molecular weight excluding hydrogens is 174 g/mol. The van der Waals surface area contributed by atoms with Crippen molar-refractivity contribution in [3.63, 3.8) is 0 Å². The first-order valence-corrected chi connectivity index (χ1v) is 4.66. The number of carbonyl (C=O) groups is 1. The summed E-state index contributed by atoms with van der Waals surface area (Å²) in [6.07, 6.45) is 5.99. The molecule has 1 aromatic rings. The van der Waals surface area contributed by atoms with Crippen molar-refractivity contribution < 1.29 is 4.79 Å². The minimum Gasteiger partial charge on any atom is -0.304 e. The molecule has 1 amide bonds. The molecule has 0 radical (unpaired) electrons. The van der Waals surface area contributed by atoms with Gasteiger partial charge in [0.1, 0.15) is 0 Å². The molecule has 0 spiro atoms. The normalized spacial score (nSPS) is 17.9. The van der Waals surface area contributed by atoms with Gasteiger partial charge in [-0.3, -0.25) is 4.79 Å². The van der Waals surface area contributed by atoms with Crippen molar-refractivity contribution in [3.05, 3.63) is 53.6 Å². The predicted molar refractivity (Wildman–Crippen MR) is 54.6 cm³/mol. The van der Waals surface area contributed by atoms with E-state index in [0.29, 0.717) is 6.54 Å². The van der Waals surface area contributed by atoms with Gasteiger partial charge in [0.2, 0.25) is 0 Å². The zero-order valence-electron chi connectivity index (χ0n) is 7.60. The van der Waals surface area contributed by atoms with E-state index < -0.39 is 0 Å². The topological polar surface area (TPSA) is 20.3 Å². The summed E-state index contributed by atoms with van der Waals surface area (Å²) in [6.45, 7) is 0.694. The Hall–Kier alpha value is -1.83. The van der Waals surface area contributed by atoms with Crippen molar-refractivity contribution in [1.29, 1.82) is 0 Å². The molecule has 3 rings (SSSR count). The molecule has 0 aliphatic carbocycles. The van der Waals surface area contributed by atoms with Crippen LogP contribution in [0.4, 0.5) is 0 Å². The Morgan fingerprint density at radius 1 is 1.14 bits per heavy atom. The summed E-state index contributed by atoms with van der Waals surface area (Å²) in [7, 11) is 0. The van der Waals surface area contributed by atoms with Gasteiger partial charge in [0.15, 0.2) is 0 Å². The average Bonchev–Trinajstić information content (AvgIpc) is 2.55. The third kappa shape index (κ3) is 0.826. The molecule has 14 heavy (non-hydrogen) atoms. The lowest BCUT2D eigenvalue weighted by atomic mass is 10.1. The molecule has 0 N–H and O–H groups in total. The van der Waals surface area contributed by atoms with Crippen molar-refractivity contribution in [3.8, 4) is 0 Å². The molecule has 0 unspecified atom stereocenters. The Kier molecular flexibility index (Phi) is 1.39. The molecule has 0 saturated heterocycles. The Balaban J connectivity index is 2.27. The van der Waals surface area contributed by atoms with Crippen molar-refractivity contribution in [1.82, 2.24) is 4.90 Å². The quantitative estimate of drug-likeness (QED) is 0.602. The number of allylic oxidation sites excluding steroid dienone is 2. The van der Waals surface area contributed by atoms with Gasteiger partial charge in [-0.05, 0) is 12.1 Å². The first-order chi connectivity index (χ1) is 6.88. The highest BCUT2D eigenvalue weighted by molar-refractivity contribution is 6.09. The van der Waals surface area contributed by atoms with Gasteiger partial charge in [0, 0.05) is 17.7 Å². The van der Waals surface area contributed by atoms with Crippen LogP contribution >= 0.6 is 0 Å². The van der Waals surface area contributed by atoms with Gasteiger partial charge in [0.05, 0.1) is 5.70 Å². The lowest BCUT2D eigenvalue weighted by molar-refractivity contribution is 0.0861. The molecule has 2 heterocycles. The Labute approximate surface area is 82.2 Å². The van der Waals surface area contributed by atoms with Crippen LogP contribution in [-0.4, -0.2) is 17.4 Å². The van der Waals surface area contributed by atoms with Gasteiger partial charge >= 0.3 is 0 Å². The van der Waals surface area contributed by atoms with E-state index in [1.54, 1.807) is 0 Å². The zero-order valence-corrected chi connectivity index (χ0v) is 7.60. The minimum absolute atomic E-state index is 0.121. The summed E-state index contributed by atoms with van der Waals surface area (Å²) in [5, 5.41) is 0. The second-order valence-electron chi connectivity index (χ2n) is 3.44. The highest BCUT2D eigenvalue weighted by atomic mass is 16.2. The minimum atomic E-state index is 0.121. The molecule has 2 nitrogen and oxygen atoms in total. The van der Waals surface area contributed by atoms with E-state index in [1.807, 2.05) is 47.4 Å². The molecule has 2 aliphatic rings. The molecule has 1 aromatic carbocycles. The summed E-state index contributed by atoms with van der Waals surface area (Å²) in [6, 6.07) is 7.76. The maximum Gasteiger partial charge on any atom is 0.259 e. The number of hydrogen-bond acceptors (Lipinski definition) is 1. The molecular formula is C12H9NO. The van der Waals surface area contributed by atoms with E-state index in [1.165, 1.54) is 0 Å². The molecule has 68 valence electrons.